The molecule has 2 aliphatic heterocycles. The molecule has 7 nitrogen and oxygen atoms in total. The zero-order valence-electron chi connectivity index (χ0n) is 9.47. The molecule has 0 spiro atoms. The van der Waals surface area contributed by atoms with E-state index in [0.717, 1.165) is 10.6 Å². The molecule has 3 N–H and O–H groups in total. The largest absolute Gasteiger partial charge is 0.384 e. The maximum atomic E-state index is 14.3. The van der Waals surface area contributed by atoms with Crippen LogP contribution < -0.4 is 11.2 Å². The van der Waals surface area contributed by atoms with Gasteiger partial charge in [0.1, 0.15) is 11.7 Å². The first-order chi connectivity index (χ1) is 8.82. The molecule has 0 aromatic carbocycles. The van der Waals surface area contributed by atoms with Crippen LogP contribution in [0.15, 0.2) is 15.7 Å². The fraction of sp³-hybridized carbons (Fsp3) is 0.600. The molecule has 3 heterocycles. The van der Waals surface area contributed by atoms with E-state index in [1.54, 1.807) is 22.6 Å². The van der Waals surface area contributed by atoms with Gasteiger partial charge in [-0.05, 0) is 0 Å². The number of hydrogen-bond donors (Lipinski definition) is 3. The number of H-pyrrole nitrogens is 1. The average molecular weight is 384 g/mol. The smallest absolute Gasteiger partial charge is 0.330 e. The van der Waals surface area contributed by atoms with Crippen molar-refractivity contribution in [3.63, 3.8) is 0 Å². The highest BCUT2D eigenvalue weighted by atomic mass is 127. The van der Waals surface area contributed by atoms with Crippen molar-refractivity contribution in [1.82, 2.24) is 9.55 Å². The Balaban J connectivity index is 2.18. The second kappa shape index (κ2) is 3.87. The van der Waals surface area contributed by atoms with Crippen molar-refractivity contribution in [1.29, 1.82) is 0 Å². The fourth-order valence-corrected chi connectivity index (χ4v) is 3.26. The summed E-state index contributed by atoms with van der Waals surface area (Å²) < 4.78 is 20.1. The molecule has 0 unspecified atom stereocenters. The first kappa shape index (κ1) is 13.2. The van der Waals surface area contributed by atoms with E-state index in [9.17, 15) is 24.2 Å². The molecule has 0 saturated carbocycles. The van der Waals surface area contributed by atoms with Crippen LogP contribution in [-0.4, -0.2) is 41.8 Å². The van der Waals surface area contributed by atoms with Gasteiger partial charge in [0.05, 0.1) is 4.43 Å². The number of aromatic nitrogens is 2. The van der Waals surface area contributed by atoms with Gasteiger partial charge in [-0.15, -0.1) is 0 Å². The van der Waals surface area contributed by atoms with Gasteiger partial charge in [-0.25, -0.2) is 9.18 Å². The zero-order valence-corrected chi connectivity index (χ0v) is 11.6. The number of fused-ring (bicyclic) bond motifs is 3. The van der Waals surface area contributed by atoms with Crippen molar-refractivity contribution in [2.45, 2.75) is 30.2 Å². The minimum absolute atomic E-state index is 0.196. The molecule has 104 valence electrons. The quantitative estimate of drug-likeness (QED) is 0.418. The Morgan fingerprint density at radius 1 is 1.63 bits per heavy atom. The lowest BCUT2D eigenvalue weighted by Gasteiger charge is -2.25. The van der Waals surface area contributed by atoms with E-state index in [0.29, 0.717) is 0 Å². The summed E-state index contributed by atoms with van der Waals surface area (Å²) in [5.74, 6) is -2.42. The molecule has 1 aromatic heterocycles. The summed E-state index contributed by atoms with van der Waals surface area (Å²) in [5, 5.41) is 20.4. The molecular formula is C10H10FIN2O5. The van der Waals surface area contributed by atoms with E-state index in [2.05, 4.69) is 0 Å². The van der Waals surface area contributed by atoms with Crippen molar-refractivity contribution in [2.24, 2.45) is 0 Å². The summed E-state index contributed by atoms with van der Waals surface area (Å²) in [6.45, 7) is 0. The molecule has 3 rings (SSSR count). The summed E-state index contributed by atoms with van der Waals surface area (Å²) in [6, 6.07) is 1.12. The van der Waals surface area contributed by atoms with Gasteiger partial charge in [0.15, 0.2) is 6.23 Å². The Kier molecular flexibility index (Phi) is 2.69. The number of aliphatic hydroxyl groups is 2. The second-order valence-corrected chi connectivity index (χ2v) is 5.52. The SMILES string of the molecule is O=c1cc2n(c(=O)[nH]1)[C@@H]1O[C@](F)(CI)[C@@H](O)[C@]1(O)C2. The lowest BCUT2D eigenvalue weighted by Crippen LogP contribution is -2.49. The number of alkyl halides is 2. The van der Waals surface area contributed by atoms with Crippen LogP contribution in [0.2, 0.25) is 0 Å². The Bertz CT molecular complexity index is 660. The summed E-state index contributed by atoms with van der Waals surface area (Å²) >= 11 is 1.69. The molecule has 9 heteroatoms. The Hall–Kier alpha value is -0.780. The van der Waals surface area contributed by atoms with E-state index < -0.39 is 35.0 Å². The van der Waals surface area contributed by atoms with Crippen LogP contribution in [0, 0.1) is 0 Å². The van der Waals surface area contributed by atoms with Gasteiger partial charge < -0.3 is 14.9 Å². The van der Waals surface area contributed by atoms with Crippen LogP contribution in [0.4, 0.5) is 4.39 Å². The van der Waals surface area contributed by atoms with Crippen molar-refractivity contribution < 1.29 is 19.3 Å². The fourth-order valence-electron chi connectivity index (χ4n) is 2.66. The summed E-state index contributed by atoms with van der Waals surface area (Å²) in [6.07, 6.45) is -3.36. The highest BCUT2D eigenvalue weighted by molar-refractivity contribution is 14.1. The predicted molar refractivity (Wildman–Crippen MR) is 68.8 cm³/mol. The van der Waals surface area contributed by atoms with Crippen LogP contribution in [-0.2, 0) is 11.2 Å². The molecular weight excluding hydrogens is 374 g/mol. The summed E-state index contributed by atoms with van der Waals surface area (Å²) in [7, 11) is 0. The topological polar surface area (TPSA) is 105 Å². The molecule has 1 aromatic rings. The van der Waals surface area contributed by atoms with Crippen LogP contribution in [0.25, 0.3) is 0 Å². The van der Waals surface area contributed by atoms with Crippen LogP contribution in [0.3, 0.4) is 0 Å². The lowest BCUT2D eigenvalue weighted by atomic mass is 9.91. The molecule has 0 radical (unpaired) electrons. The number of aliphatic hydroxyl groups excluding tert-OH is 1. The third-order valence-electron chi connectivity index (χ3n) is 3.55. The maximum Gasteiger partial charge on any atom is 0.330 e. The van der Waals surface area contributed by atoms with Crippen LogP contribution >= 0.6 is 22.6 Å². The van der Waals surface area contributed by atoms with Gasteiger partial charge >= 0.3 is 5.69 Å². The normalized spacial score (nSPS) is 40.2. The minimum Gasteiger partial charge on any atom is -0.384 e. The van der Waals surface area contributed by atoms with Crippen molar-refractivity contribution in [3.05, 3.63) is 32.6 Å². The molecule has 0 bridgehead atoms. The second-order valence-electron chi connectivity index (χ2n) is 4.76. The van der Waals surface area contributed by atoms with Gasteiger partial charge in [0.2, 0.25) is 5.85 Å². The van der Waals surface area contributed by atoms with Gasteiger partial charge in [0, 0.05) is 18.2 Å². The Morgan fingerprint density at radius 2 is 2.32 bits per heavy atom. The lowest BCUT2D eigenvalue weighted by molar-refractivity contribution is -0.169. The molecule has 2 aliphatic rings. The van der Waals surface area contributed by atoms with E-state index >= 15 is 0 Å². The van der Waals surface area contributed by atoms with E-state index in [1.165, 1.54) is 0 Å². The zero-order chi connectivity index (χ0) is 14.0. The number of hydrogen-bond acceptors (Lipinski definition) is 5. The number of aromatic amines is 1. The van der Waals surface area contributed by atoms with E-state index in [1.807, 2.05) is 4.98 Å². The van der Waals surface area contributed by atoms with Crippen molar-refractivity contribution in [2.75, 3.05) is 4.43 Å². The highest BCUT2D eigenvalue weighted by Gasteiger charge is 2.67. The predicted octanol–water partition coefficient (Wildman–Crippen LogP) is -1.19. The molecule has 1 saturated heterocycles. The number of nitrogens with zero attached hydrogens (tertiary/aromatic N) is 1. The van der Waals surface area contributed by atoms with E-state index in [-0.39, 0.29) is 16.5 Å². The standard InChI is InChI=1S/C10H10FIN2O5/c11-10(3-12)6(16)9(18)2-4-1-5(15)13-8(17)14(4)7(9)19-10/h1,6-7,16,18H,2-3H2,(H,13,15,17)/t6-,7+,9+,10+/m0/s1. The van der Waals surface area contributed by atoms with Crippen LogP contribution in [0.5, 0.6) is 0 Å². The van der Waals surface area contributed by atoms with Crippen LogP contribution in [0.1, 0.15) is 11.9 Å². The first-order valence-corrected chi connectivity index (χ1v) is 7.02. The van der Waals surface area contributed by atoms with Gasteiger partial charge in [-0.1, -0.05) is 22.6 Å². The minimum atomic E-state index is -2.42. The third kappa shape index (κ3) is 1.58. The average Bonchev–Trinajstić information content (AvgIpc) is 2.70. The monoisotopic (exact) mass is 384 g/mol. The van der Waals surface area contributed by atoms with Gasteiger partial charge in [-0.2, -0.15) is 0 Å². The van der Waals surface area contributed by atoms with Gasteiger partial charge in [-0.3, -0.25) is 14.3 Å². The Morgan fingerprint density at radius 3 is 2.95 bits per heavy atom. The molecule has 1 fully saturated rings. The summed E-state index contributed by atoms with van der Waals surface area (Å²) in [4.78, 5) is 25.0. The first-order valence-electron chi connectivity index (χ1n) is 5.50. The maximum absolute atomic E-state index is 14.3. The number of halogens is 2. The number of ether oxygens (including phenoxy) is 1. The third-order valence-corrected chi connectivity index (χ3v) is 4.59. The van der Waals surface area contributed by atoms with E-state index in [4.69, 9.17) is 4.74 Å². The molecule has 0 amide bonds. The highest BCUT2D eigenvalue weighted by Crippen LogP contribution is 2.50. The number of rotatable bonds is 1. The Labute approximate surface area is 119 Å². The molecule has 19 heavy (non-hydrogen) atoms. The van der Waals surface area contributed by atoms with Gasteiger partial charge in [0.25, 0.3) is 5.56 Å². The van der Waals surface area contributed by atoms with Crippen molar-refractivity contribution >= 4 is 22.6 Å². The number of nitrogens with one attached hydrogen (secondary N) is 1. The summed E-state index contributed by atoms with van der Waals surface area (Å²) in [5.41, 5.74) is -3.16. The molecule has 0 aliphatic carbocycles. The van der Waals surface area contributed by atoms with Crippen molar-refractivity contribution in [3.8, 4) is 0 Å². The molecule has 4 atom stereocenters.